The number of aromatic nitrogens is 12. The Labute approximate surface area is 671 Å². The maximum absolute atomic E-state index is 14.1. The number of hydrogen-bond donors (Lipinski definition) is 6. The topological polar surface area (TPSA) is 310 Å². The van der Waals surface area contributed by atoms with Gasteiger partial charge in [0.2, 0.25) is 5.89 Å². The number of aryl methyl sites for hydroxylation is 3. The molecule has 9 heterocycles. The maximum atomic E-state index is 14.1. The standard InChI is InChI=1S/C28H32ClN7O2.2C27H29F2N7O3/c1-19-26(21-15-30-34(2)16-21)33-36(23-10-5-4-6-11-23)27(19)32-28(37)31-25-18-35(12-13-38-3)17-24(25)20-8-7-9-22(29)14-20;1-16-24(26-33-32-17(2)39-26)34-36(19-7-5-4-6-8-19)25(16)31-27(37)30-23-15-35(11-12-38-3)14-20(23)18-9-10-21(28)22(29)13-18;1-16-24(26-30-17(2)34-39-26)33-36(19-7-5-4-6-8-19)25(16)32-27(37)31-23-15-35(11-12-38-3)14-20(23)18-9-10-21(28)22(29)13-18/h4-11,14-16,24-25H,12-13,17-18H2,1-3H3,(H2,31,32,37);4-10,13,20,23H,11-12,14-15H2,1-3H3,(H2,30,31,37);4-10,13,20,23H,11-12,14-15H2,1-3H3,(H2,31,32,37)/t24?,25-;2*20-,23+/m100/s1. The van der Waals surface area contributed by atoms with Gasteiger partial charge in [0, 0.05) is 145 Å². The third-order valence-electron chi connectivity index (χ3n) is 20.5. The van der Waals surface area contributed by atoms with Crippen molar-refractivity contribution in [2.75, 3.05) is 116 Å². The minimum absolute atomic E-state index is 0.0994. The molecule has 6 aromatic carbocycles. The van der Waals surface area contributed by atoms with Crippen molar-refractivity contribution in [1.82, 2.24) is 90.1 Å². The number of methoxy groups -OCH3 is 3. The first-order valence-electron chi connectivity index (χ1n) is 37.7. The van der Waals surface area contributed by atoms with Gasteiger partial charge in [0.15, 0.2) is 40.5 Å². The highest BCUT2D eigenvalue weighted by atomic mass is 35.5. The lowest BCUT2D eigenvalue weighted by atomic mass is 9.94. The second-order valence-electron chi connectivity index (χ2n) is 28.5. The van der Waals surface area contributed by atoms with Crippen LogP contribution in [0.4, 0.5) is 49.4 Å². The van der Waals surface area contributed by atoms with Crippen molar-refractivity contribution < 1.29 is 55.1 Å². The molecule has 3 aliphatic rings. The lowest BCUT2D eigenvalue weighted by Gasteiger charge is -2.21. The van der Waals surface area contributed by atoms with E-state index in [1.807, 2.05) is 143 Å². The molecule has 34 heteroatoms. The number of para-hydroxylation sites is 3. The molecule has 0 saturated carbocycles. The number of nitrogens with one attached hydrogen (secondary N) is 6. The second kappa shape index (κ2) is 37.5. The number of halogens is 5. The van der Waals surface area contributed by atoms with Crippen LogP contribution in [0, 0.1) is 57.9 Å². The molecular formula is C82H90ClF4N21O8. The molecule has 6 amide bonds. The SMILES string of the molecule is COCCN1CC(c2cccc(Cl)c2)[C@H](NC(=O)Nc2c(C)c(-c3cnn(C)c3)nn2-c2ccccc2)C1.COCCN1C[C@@H](NC(=O)Nc2c(C)c(-c3nc(C)no3)nn2-c2ccccc2)[C@H](c2ccc(F)c(F)c2)C1.COCCN1C[C@@H](NC(=O)Nc2c(C)c(-c3nnc(C)o3)nn2-c2ccccc2)[C@H](c2ccc(F)c(F)c2)C1. The van der Waals surface area contributed by atoms with E-state index < -0.39 is 35.3 Å². The molecule has 0 spiro atoms. The summed E-state index contributed by atoms with van der Waals surface area (Å²) in [7, 11) is 6.81. The Morgan fingerprint density at radius 1 is 0.483 bits per heavy atom. The number of urea groups is 3. The predicted octanol–water partition coefficient (Wildman–Crippen LogP) is 12.6. The van der Waals surface area contributed by atoms with Crippen molar-refractivity contribution in [3.05, 3.63) is 237 Å². The molecule has 0 aliphatic carbocycles. The molecule has 15 rings (SSSR count). The van der Waals surface area contributed by atoms with E-state index in [0.29, 0.717) is 133 Å². The van der Waals surface area contributed by atoms with Crippen LogP contribution in [0.5, 0.6) is 0 Å². The number of carbonyl (C=O) groups is 3. The average Bonchev–Trinajstić information content (AvgIpc) is 1.63. The second-order valence-corrected chi connectivity index (χ2v) is 28.9. The Morgan fingerprint density at radius 2 is 0.888 bits per heavy atom. The van der Waals surface area contributed by atoms with E-state index in [2.05, 4.69) is 88.3 Å². The molecule has 0 radical (unpaired) electrons. The first-order chi connectivity index (χ1) is 56.1. The molecular weight excluding hydrogens is 1520 g/mol. The lowest BCUT2D eigenvalue weighted by Crippen LogP contribution is -2.42. The van der Waals surface area contributed by atoms with Gasteiger partial charge in [-0.1, -0.05) is 95.6 Å². The summed E-state index contributed by atoms with van der Waals surface area (Å²) in [6, 6.07) is 42.0. The smallest absolute Gasteiger partial charge is 0.320 e. The third-order valence-corrected chi connectivity index (χ3v) is 20.7. The number of anilines is 3. The summed E-state index contributed by atoms with van der Waals surface area (Å²) in [5.41, 5.74) is 9.31. The number of ether oxygens (including phenoxy) is 3. The zero-order chi connectivity index (χ0) is 81.7. The number of hydrogen-bond acceptors (Lipinski definition) is 19. The van der Waals surface area contributed by atoms with E-state index in [1.54, 1.807) is 72.2 Å². The summed E-state index contributed by atoms with van der Waals surface area (Å²) in [6.07, 6.45) is 3.69. The van der Waals surface area contributed by atoms with Gasteiger partial charge < -0.3 is 39.1 Å². The largest absolute Gasteiger partial charge is 0.420 e. The van der Waals surface area contributed by atoms with Gasteiger partial charge in [-0.2, -0.15) is 25.4 Å². The Hall–Kier alpha value is -12.0. The van der Waals surface area contributed by atoms with E-state index in [0.717, 1.165) is 64.7 Å². The average molecular weight is 1610 g/mol. The Kier molecular flexibility index (Phi) is 26.5. The zero-order valence-electron chi connectivity index (χ0n) is 65.4. The molecule has 116 heavy (non-hydrogen) atoms. The summed E-state index contributed by atoms with van der Waals surface area (Å²) in [5.74, 6) is -1.23. The molecule has 29 nitrogen and oxygen atoms in total. The van der Waals surface area contributed by atoms with Crippen molar-refractivity contribution in [2.24, 2.45) is 7.05 Å². The fourth-order valence-electron chi connectivity index (χ4n) is 14.7. The summed E-state index contributed by atoms with van der Waals surface area (Å²) in [6.45, 7) is 16.4. The van der Waals surface area contributed by atoms with Gasteiger partial charge in [-0.15, -0.1) is 10.2 Å². The van der Waals surface area contributed by atoms with Crippen LogP contribution in [0.3, 0.4) is 0 Å². The summed E-state index contributed by atoms with van der Waals surface area (Å²) < 4.78 is 88.7. The molecule has 6 atom stereocenters. The Bertz CT molecular complexity index is 5130. The van der Waals surface area contributed by atoms with Crippen LogP contribution in [-0.2, 0) is 21.3 Å². The molecule has 0 bridgehead atoms. The Balaban J connectivity index is 0.000000151. The molecule has 3 aliphatic heterocycles. The van der Waals surface area contributed by atoms with Crippen LogP contribution in [-0.4, -0.2) is 210 Å². The lowest BCUT2D eigenvalue weighted by molar-refractivity contribution is 0.159. The molecule has 12 aromatic rings. The fourth-order valence-corrected chi connectivity index (χ4v) is 14.9. The number of benzene rings is 6. The van der Waals surface area contributed by atoms with Gasteiger partial charge in [0.1, 0.15) is 23.1 Å². The number of amides is 6. The van der Waals surface area contributed by atoms with Gasteiger partial charge in [0.05, 0.1) is 61.2 Å². The van der Waals surface area contributed by atoms with Crippen LogP contribution in [0.2, 0.25) is 5.02 Å². The summed E-state index contributed by atoms with van der Waals surface area (Å²) in [4.78, 5) is 51.1. The monoisotopic (exact) mass is 1610 g/mol. The molecule has 3 fully saturated rings. The van der Waals surface area contributed by atoms with Crippen molar-refractivity contribution in [3.8, 4) is 51.5 Å². The van der Waals surface area contributed by atoms with Crippen molar-refractivity contribution in [3.63, 3.8) is 0 Å². The molecule has 3 saturated heterocycles. The van der Waals surface area contributed by atoms with E-state index in [9.17, 15) is 31.9 Å². The number of carbonyl (C=O) groups excluding carboxylic acids is 3. The molecule has 6 N–H and O–H groups in total. The third kappa shape index (κ3) is 19.5. The van der Waals surface area contributed by atoms with E-state index in [-0.39, 0.29) is 53.7 Å². The van der Waals surface area contributed by atoms with Gasteiger partial charge in [-0.05, 0) is 117 Å². The van der Waals surface area contributed by atoms with E-state index in [4.69, 9.17) is 39.9 Å². The highest BCUT2D eigenvalue weighted by Gasteiger charge is 2.39. The van der Waals surface area contributed by atoms with Crippen LogP contribution in [0.1, 0.15) is 62.8 Å². The van der Waals surface area contributed by atoms with Crippen LogP contribution in [0.15, 0.2) is 173 Å². The van der Waals surface area contributed by atoms with Gasteiger partial charge in [-0.25, -0.2) is 46.0 Å². The summed E-state index contributed by atoms with van der Waals surface area (Å²) >= 11 is 6.30. The first-order valence-corrected chi connectivity index (χ1v) is 38.0. The van der Waals surface area contributed by atoms with Crippen molar-refractivity contribution in [1.29, 1.82) is 0 Å². The van der Waals surface area contributed by atoms with Gasteiger partial charge in [-0.3, -0.25) is 35.3 Å². The fraction of sp³-hybridized carbons (Fsp3) is 0.329. The van der Waals surface area contributed by atoms with E-state index in [1.165, 1.54) is 12.1 Å². The minimum Gasteiger partial charge on any atom is -0.420 e. The highest BCUT2D eigenvalue weighted by Crippen LogP contribution is 2.37. The Morgan fingerprint density at radius 3 is 1.25 bits per heavy atom. The molecule has 606 valence electrons. The maximum Gasteiger partial charge on any atom is 0.320 e. The summed E-state index contributed by atoms with van der Waals surface area (Å²) in [5, 5.41) is 49.2. The quantitative estimate of drug-likeness (QED) is 0.0306. The van der Waals surface area contributed by atoms with Crippen molar-refractivity contribution >= 4 is 47.1 Å². The predicted molar refractivity (Wildman–Crippen MR) is 428 cm³/mol. The highest BCUT2D eigenvalue weighted by molar-refractivity contribution is 6.30. The van der Waals surface area contributed by atoms with Gasteiger partial charge in [0.25, 0.3) is 11.8 Å². The number of nitrogens with zero attached hydrogens (tertiary/aromatic N) is 15. The van der Waals surface area contributed by atoms with Crippen molar-refractivity contribution in [2.45, 2.75) is 70.5 Å². The van der Waals surface area contributed by atoms with Crippen LogP contribution < -0.4 is 31.9 Å². The van der Waals surface area contributed by atoms with Crippen LogP contribution >= 0.6 is 11.6 Å². The molecule has 6 aromatic heterocycles. The van der Waals surface area contributed by atoms with Crippen LogP contribution in [0.25, 0.3) is 51.5 Å². The first kappa shape index (κ1) is 82.0. The van der Waals surface area contributed by atoms with E-state index >= 15 is 0 Å². The number of likely N-dealkylation sites (tertiary alicyclic amines) is 3. The zero-order valence-corrected chi connectivity index (χ0v) is 66.2. The normalized spacial score (nSPS) is 17.5. The molecule has 1 unspecified atom stereocenters. The number of rotatable bonds is 24. The minimum atomic E-state index is -0.919. The van der Waals surface area contributed by atoms with Gasteiger partial charge >= 0.3 is 18.1 Å².